The maximum absolute atomic E-state index is 12.9. The molecule has 0 aliphatic rings. The molecule has 0 aliphatic heterocycles. The molecule has 0 unspecified atom stereocenters. The highest BCUT2D eigenvalue weighted by Gasteiger charge is 2.17. The highest BCUT2D eigenvalue weighted by Crippen LogP contribution is 2.27. The van der Waals surface area contributed by atoms with Gasteiger partial charge in [-0.25, -0.2) is 0 Å². The van der Waals surface area contributed by atoms with Gasteiger partial charge in [0.1, 0.15) is 5.75 Å². The van der Waals surface area contributed by atoms with Crippen LogP contribution in [-0.4, -0.2) is 12.9 Å². The molecule has 0 bridgehead atoms. The number of hydrogen-bond acceptors (Lipinski definition) is 4. The minimum Gasteiger partial charge on any atom is -0.496 e. The normalized spacial score (nSPS) is 10.7. The predicted molar refractivity (Wildman–Crippen MR) is 93.5 cm³/mol. The van der Waals surface area contributed by atoms with E-state index in [0.717, 1.165) is 5.69 Å². The van der Waals surface area contributed by atoms with E-state index in [4.69, 9.17) is 4.74 Å². The molecule has 0 amide bonds. The van der Waals surface area contributed by atoms with E-state index in [-0.39, 0.29) is 5.78 Å². The van der Waals surface area contributed by atoms with Crippen molar-refractivity contribution in [1.29, 1.82) is 0 Å². The number of rotatable bonds is 5. The molecule has 3 aromatic rings. The summed E-state index contributed by atoms with van der Waals surface area (Å²) in [4.78, 5) is 12.9. The van der Waals surface area contributed by atoms with Gasteiger partial charge < -0.3 is 4.74 Å². The van der Waals surface area contributed by atoms with Crippen LogP contribution in [0.3, 0.4) is 0 Å². The Balaban J connectivity index is 1.97. The molecule has 0 saturated carbocycles. The van der Waals surface area contributed by atoms with E-state index in [9.17, 15) is 4.79 Å². The van der Waals surface area contributed by atoms with Crippen molar-refractivity contribution in [1.82, 2.24) is 0 Å². The summed E-state index contributed by atoms with van der Waals surface area (Å²) in [5.74, 6) is 0.396. The molecule has 0 radical (unpaired) electrons. The molecule has 0 aromatic heterocycles. The molecule has 3 aromatic carbocycles. The van der Waals surface area contributed by atoms with E-state index < -0.39 is 0 Å². The number of ketones is 1. The van der Waals surface area contributed by atoms with Crippen LogP contribution >= 0.6 is 0 Å². The first-order valence-electron chi connectivity index (χ1n) is 7.53. The second-order valence-corrected chi connectivity index (χ2v) is 5.08. The van der Waals surface area contributed by atoms with E-state index in [2.05, 4.69) is 10.2 Å². The third-order valence-electron chi connectivity index (χ3n) is 3.53. The summed E-state index contributed by atoms with van der Waals surface area (Å²) in [6.07, 6.45) is 0. The van der Waals surface area contributed by atoms with Crippen LogP contribution < -0.4 is 4.74 Å². The summed E-state index contributed by atoms with van der Waals surface area (Å²) in [6.45, 7) is 0. The van der Waals surface area contributed by atoms with Gasteiger partial charge >= 0.3 is 0 Å². The lowest BCUT2D eigenvalue weighted by Crippen LogP contribution is -2.04. The van der Waals surface area contributed by atoms with Crippen LogP contribution in [0.5, 0.6) is 5.75 Å². The minimum atomic E-state index is -0.143. The second kappa shape index (κ2) is 7.33. The van der Waals surface area contributed by atoms with Crippen LogP contribution in [0.4, 0.5) is 11.4 Å². The highest BCUT2D eigenvalue weighted by atomic mass is 16.5. The number of carbonyl (C=O) groups is 1. The lowest BCUT2D eigenvalue weighted by molar-refractivity contribution is 0.103. The highest BCUT2D eigenvalue weighted by molar-refractivity contribution is 6.13. The van der Waals surface area contributed by atoms with Crippen LogP contribution in [0.2, 0.25) is 0 Å². The maximum atomic E-state index is 12.9. The lowest BCUT2D eigenvalue weighted by atomic mass is 10.0. The number of para-hydroxylation sites is 1. The standard InChI is InChI=1S/C20H16N2O2/c1-24-19-14-8-6-12-17(19)20(23)16-11-5-7-13-18(16)22-21-15-9-3-2-4-10-15/h2-14H,1H3. The maximum Gasteiger partial charge on any atom is 0.198 e. The van der Waals surface area contributed by atoms with Crippen molar-refractivity contribution in [2.75, 3.05) is 7.11 Å². The number of methoxy groups -OCH3 is 1. The summed E-state index contributed by atoms with van der Waals surface area (Å²) in [5, 5.41) is 8.44. The third kappa shape index (κ3) is 3.38. The molecule has 0 N–H and O–H groups in total. The Hall–Kier alpha value is -3.27. The molecule has 0 saturated heterocycles. The first kappa shape index (κ1) is 15.6. The fourth-order valence-electron chi connectivity index (χ4n) is 2.34. The molecule has 118 valence electrons. The Morgan fingerprint density at radius 3 is 2.12 bits per heavy atom. The Kier molecular flexibility index (Phi) is 4.77. The number of ether oxygens (including phenoxy) is 1. The SMILES string of the molecule is COc1ccccc1C(=O)c1ccccc1N=Nc1ccccc1. The summed E-state index contributed by atoms with van der Waals surface area (Å²) in [7, 11) is 1.55. The van der Waals surface area contributed by atoms with Crippen molar-refractivity contribution in [3.63, 3.8) is 0 Å². The number of hydrogen-bond donors (Lipinski definition) is 0. The van der Waals surface area contributed by atoms with Crippen molar-refractivity contribution in [3.8, 4) is 5.75 Å². The first-order valence-corrected chi connectivity index (χ1v) is 7.53. The average Bonchev–Trinajstić information content (AvgIpc) is 2.67. The Morgan fingerprint density at radius 1 is 0.750 bits per heavy atom. The van der Waals surface area contributed by atoms with Gasteiger partial charge in [0.25, 0.3) is 0 Å². The molecule has 24 heavy (non-hydrogen) atoms. The van der Waals surface area contributed by atoms with Gasteiger partial charge in [-0.1, -0.05) is 42.5 Å². The predicted octanol–water partition coefficient (Wildman–Crippen LogP) is 5.34. The van der Waals surface area contributed by atoms with E-state index in [1.165, 1.54) is 0 Å². The van der Waals surface area contributed by atoms with E-state index in [1.54, 1.807) is 31.4 Å². The van der Waals surface area contributed by atoms with Gasteiger partial charge in [0, 0.05) is 0 Å². The Bertz CT molecular complexity index is 874. The van der Waals surface area contributed by atoms with Gasteiger partial charge in [-0.05, 0) is 36.4 Å². The molecule has 4 heteroatoms. The van der Waals surface area contributed by atoms with Crippen LogP contribution in [0, 0.1) is 0 Å². The smallest absolute Gasteiger partial charge is 0.198 e. The third-order valence-corrected chi connectivity index (χ3v) is 3.53. The van der Waals surface area contributed by atoms with E-state index in [1.807, 2.05) is 54.6 Å². The van der Waals surface area contributed by atoms with Gasteiger partial charge in [0.05, 0.1) is 29.6 Å². The van der Waals surface area contributed by atoms with Crippen molar-refractivity contribution < 1.29 is 9.53 Å². The summed E-state index contributed by atoms with van der Waals surface area (Å²) in [6, 6.07) is 23.7. The molecule has 0 heterocycles. The van der Waals surface area contributed by atoms with Gasteiger partial charge in [-0.15, -0.1) is 5.11 Å². The lowest BCUT2D eigenvalue weighted by Gasteiger charge is -2.08. The topological polar surface area (TPSA) is 51.0 Å². The average molecular weight is 316 g/mol. The second-order valence-electron chi connectivity index (χ2n) is 5.08. The van der Waals surface area contributed by atoms with E-state index >= 15 is 0 Å². The zero-order valence-electron chi connectivity index (χ0n) is 13.2. The van der Waals surface area contributed by atoms with Gasteiger partial charge in [-0.2, -0.15) is 5.11 Å². The van der Waals surface area contributed by atoms with E-state index in [0.29, 0.717) is 22.6 Å². The molecule has 0 spiro atoms. The first-order chi connectivity index (χ1) is 11.8. The Labute approximate surface area is 140 Å². The van der Waals surface area contributed by atoms with Crippen LogP contribution in [0.15, 0.2) is 89.1 Å². The van der Waals surface area contributed by atoms with Crippen molar-refractivity contribution in [3.05, 3.63) is 90.0 Å². The molecule has 4 nitrogen and oxygen atoms in total. The van der Waals surface area contributed by atoms with Gasteiger partial charge in [0.2, 0.25) is 0 Å². The van der Waals surface area contributed by atoms with Crippen molar-refractivity contribution in [2.24, 2.45) is 10.2 Å². The fourth-order valence-corrected chi connectivity index (χ4v) is 2.34. The zero-order valence-corrected chi connectivity index (χ0v) is 13.2. The molecular weight excluding hydrogens is 300 g/mol. The fraction of sp³-hybridized carbons (Fsp3) is 0.0500. The van der Waals surface area contributed by atoms with Crippen LogP contribution in [0.1, 0.15) is 15.9 Å². The summed E-state index contributed by atoms with van der Waals surface area (Å²) in [5.41, 5.74) is 2.25. The monoisotopic (exact) mass is 316 g/mol. The molecular formula is C20H16N2O2. The quantitative estimate of drug-likeness (QED) is 0.471. The van der Waals surface area contributed by atoms with Crippen LogP contribution in [-0.2, 0) is 0 Å². The minimum absolute atomic E-state index is 0.143. The summed E-state index contributed by atoms with van der Waals surface area (Å²) >= 11 is 0. The summed E-state index contributed by atoms with van der Waals surface area (Å²) < 4.78 is 5.28. The molecule has 0 fully saturated rings. The van der Waals surface area contributed by atoms with Crippen molar-refractivity contribution >= 4 is 17.2 Å². The number of azo groups is 1. The number of carbonyl (C=O) groups excluding carboxylic acids is 1. The van der Waals surface area contributed by atoms with Crippen molar-refractivity contribution in [2.45, 2.75) is 0 Å². The zero-order chi connectivity index (χ0) is 16.8. The molecule has 0 atom stereocenters. The Morgan fingerprint density at radius 2 is 1.38 bits per heavy atom. The number of benzene rings is 3. The number of nitrogens with zero attached hydrogens (tertiary/aromatic N) is 2. The van der Waals surface area contributed by atoms with Gasteiger partial charge in [0.15, 0.2) is 5.78 Å². The van der Waals surface area contributed by atoms with Gasteiger partial charge in [-0.3, -0.25) is 4.79 Å². The van der Waals surface area contributed by atoms with Crippen LogP contribution in [0.25, 0.3) is 0 Å². The largest absolute Gasteiger partial charge is 0.496 e. The molecule has 0 aliphatic carbocycles. The molecule has 3 rings (SSSR count).